The van der Waals surface area contributed by atoms with Crippen LogP contribution in [0.15, 0.2) is 30.3 Å². The van der Waals surface area contributed by atoms with Crippen LogP contribution in [0.1, 0.15) is 18.4 Å². The molecule has 2 N–H and O–H groups in total. The van der Waals surface area contributed by atoms with E-state index in [0.29, 0.717) is 11.8 Å². The Morgan fingerprint density at radius 2 is 1.59 bits per heavy atom. The van der Waals surface area contributed by atoms with Crippen molar-refractivity contribution in [2.45, 2.75) is 36.7 Å². The van der Waals surface area contributed by atoms with Gasteiger partial charge >= 0.3 is 0 Å². The lowest BCUT2D eigenvalue weighted by molar-refractivity contribution is -0.123. The Morgan fingerprint density at radius 3 is 2.12 bits per heavy atom. The van der Waals surface area contributed by atoms with Crippen LogP contribution in [0.5, 0.6) is 0 Å². The van der Waals surface area contributed by atoms with Crippen LogP contribution in [0.2, 0.25) is 0 Å². The topological polar surface area (TPSA) is 118 Å². The average Bonchev–Trinajstić information content (AvgIpc) is 3.30. The Labute approximate surface area is 190 Å². The van der Waals surface area contributed by atoms with E-state index in [1.807, 2.05) is 14.1 Å². The van der Waals surface area contributed by atoms with Crippen LogP contribution in [0.4, 0.5) is 0 Å². The van der Waals surface area contributed by atoms with Crippen molar-refractivity contribution in [2.24, 2.45) is 5.92 Å². The van der Waals surface area contributed by atoms with Crippen molar-refractivity contribution >= 4 is 22.8 Å². The van der Waals surface area contributed by atoms with E-state index in [2.05, 4.69) is 45.0 Å². The average molecular weight is 470 g/mol. The van der Waals surface area contributed by atoms with Gasteiger partial charge in [-0.3, -0.25) is 19.4 Å². The molecule has 0 radical (unpaired) electrons. The highest BCUT2D eigenvalue weighted by Crippen LogP contribution is 2.37. The Morgan fingerprint density at radius 1 is 1.03 bits per heavy atom. The highest BCUT2D eigenvalue weighted by atomic mass is 32.2. The predicted molar refractivity (Wildman–Crippen MR) is 122 cm³/mol. The van der Waals surface area contributed by atoms with Gasteiger partial charge in [0.05, 0.1) is 11.0 Å². The first-order chi connectivity index (χ1) is 15.3. The molecular formula is C22H35N3O6S. The lowest BCUT2D eigenvalue weighted by atomic mass is 9.99. The maximum absolute atomic E-state index is 12.6. The lowest BCUT2D eigenvalue weighted by Gasteiger charge is -2.37. The zero-order valence-corrected chi connectivity index (χ0v) is 19.6. The van der Waals surface area contributed by atoms with Crippen molar-refractivity contribution in [3.8, 4) is 0 Å². The minimum atomic E-state index is -2.93. The van der Waals surface area contributed by atoms with Crippen LogP contribution in [-0.4, -0.2) is 110 Å². The number of likely N-dealkylation sites (tertiary alicyclic amines) is 2. The normalized spacial score (nSPS) is 27.5. The summed E-state index contributed by atoms with van der Waals surface area (Å²) in [5.41, 5.74) is 1.38. The molecule has 0 saturated carbocycles. The third-order valence-corrected chi connectivity index (χ3v) is 8.91. The molecule has 3 heterocycles. The van der Waals surface area contributed by atoms with E-state index < -0.39 is 9.84 Å². The summed E-state index contributed by atoms with van der Waals surface area (Å²) in [6.45, 7) is 4.44. The second kappa shape index (κ2) is 12.3. The summed E-state index contributed by atoms with van der Waals surface area (Å²) >= 11 is 0. The van der Waals surface area contributed by atoms with Gasteiger partial charge in [0.15, 0.2) is 9.84 Å². The lowest BCUT2D eigenvalue weighted by Crippen LogP contribution is -2.45. The SMILES string of the molecule is CN(C)[C@@H]1CS(=O)(=O)[C@H]2CN(C3CCN(Cc4ccccc4)CC3)C[C@@H]12.O=CO.O=CO. The van der Waals surface area contributed by atoms with Gasteiger partial charge in [-0.2, -0.15) is 0 Å². The molecule has 3 saturated heterocycles. The van der Waals surface area contributed by atoms with E-state index in [0.717, 1.165) is 45.6 Å². The van der Waals surface area contributed by atoms with Gasteiger partial charge in [0.1, 0.15) is 0 Å². The van der Waals surface area contributed by atoms with Crippen molar-refractivity contribution < 1.29 is 28.2 Å². The molecule has 0 unspecified atom stereocenters. The van der Waals surface area contributed by atoms with Crippen LogP contribution in [0.3, 0.4) is 0 Å². The molecule has 3 aliphatic heterocycles. The minimum Gasteiger partial charge on any atom is -0.483 e. The van der Waals surface area contributed by atoms with Gasteiger partial charge in [0.2, 0.25) is 0 Å². The molecule has 3 atom stereocenters. The van der Waals surface area contributed by atoms with Gasteiger partial charge in [0, 0.05) is 37.6 Å². The molecule has 0 aliphatic carbocycles. The Balaban J connectivity index is 0.000000547. The molecule has 10 heteroatoms. The Hall–Kier alpha value is -2.01. The number of carboxylic acid groups (broad SMARTS) is 2. The fourth-order valence-corrected chi connectivity index (χ4v) is 7.67. The van der Waals surface area contributed by atoms with E-state index in [-0.39, 0.29) is 30.2 Å². The third kappa shape index (κ3) is 6.74. The van der Waals surface area contributed by atoms with Crippen LogP contribution in [0.25, 0.3) is 0 Å². The predicted octanol–water partition coefficient (Wildman–Crippen LogP) is 0.712. The van der Waals surface area contributed by atoms with Crippen molar-refractivity contribution in [3.05, 3.63) is 35.9 Å². The van der Waals surface area contributed by atoms with E-state index in [1.165, 1.54) is 5.56 Å². The summed E-state index contributed by atoms with van der Waals surface area (Å²) in [5.74, 6) is 0.635. The van der Waals surface area contributed by atoms with Gasteiger partial charge in [-0.05, 0) is 45.6 Å². The first kappa shape index (κ1) is 26.2. The molecule has 4 rings (SSSR count). The maximum Gasteiger partial charge on any atom is 0.290 e. The Bertz CT molecular complexity index is 806. The van der Waals surface area contributed by atoms with E-state index >= 15 is 0 Å². The van der Waals surface area contributed by atoms with Crippen LogP contribution in [0, 0.1) is 5.92 Å². The Kier molecular flexibility index (Phi) is 10.1. The molecule has 1 aromatic carbocycles. The molecule has 1 aromatic rings. The standard InChI is InChI=1S/C20H31N3O2S.2CH2O2/c1-21(2)19-15-26(24,25)20-14-23(13-18(19)20)17-8-10-22(11-9-17)12-16-6-4-3-5-7-16;2*2-1-3/h3-7,17-20H,8-15H2,1-2H3;2*1H,(H,2,3)/t18-,19+,20-;;/m0../s1. The first-order valence-corrected chi connectivity index (χ1v) is 12.5. The molecule has 3 aliphatic rings. The molecule has 0 aromatic heterocycles. The van der Waals surface area contributed by atoms with Crippen molar-refractivity contribution in [1.29, 1.82) is 0 Å². The van der Waals surface area contributed by atoms with Crippen LogP contribution in [-0.2, 0) is 26.0 Å². The van der Waals surface area contributed by atoms with Crippen molar-refractivity contribution in [3.63, 3.8) is 0 Å². The number of fused-ring (bicyclic) bond motifs is 1. The van der Waals surface area contributed by atoms with Crippen LogP contribution >= 0.6 is 0 Å². The molecular weight excluding hydrogens is 434 g/mol. The van der Waals surface area contributed by atoms with Crippen molar-refractivity contribution in [2.75, 3.05) is 46.0 Å². The smallest absolute Gasteiger partial charge is 0.290 e. The van der Waals surface area contributed by atoms with E-state index in [9.17, 15) is 8.42 Å². The molecule has 9 nitrogen and oxygen atoms in total. The fraction of sp³-hybridized carbons (Fsp3) is 0.636. The summed E-state index contributed by atoms with van der Waals surface area (Å²) in [5, 5.41) is 13.6. The monoisotopic (exact) mass is 469 g/mol. The summed E-state index contributed by atoms with van der Waals surface area (Å²) in [6, 6.07) is 11.4. The summed E-state index contributed by atoms with van der Waals surface area (Å²) < 4.78 is 25.2. The number of benzene rings is 1. The van der Waals surface area contributed by atoms with Gasteiger partial charge in [0.25, 0.3) is 12.9 Å². The fourth-order valence-electron chi connectivity index (χ4n) is 5.18. The van der Waals surface area contributed by atoms with Crippen molar-refractivity contribution in [1.82, 2.24) is 14.7 Å². The zero-order chi connectivity index (χ0) is 23.7. The zero-order valence-electron chi connectivity index (χ0n) is 18.8. The highest BCUT2D eigenvalue weighted by molar-refractivity contribution is 7.92. The number of nitrogens with zero attached hydrogens (tertiary/aromatic N) is 3. The molecule has 180 valence electrons. The highest BCUT2D eigenvalue weighted by Gasteiger charge is 2.53. The number of piperidine rings is 1. The summed E-state index contributed by atoms with van der Waals surface area (Å²) in [7, 11) is 1.11. The molecule has 0 bridgehead atoms. The number of carbonyl (C=O) groups is 2. The van der Waals surface area contributed by atoms with Gasteiger partial charge in [-0.25, -0.2) is 8.42 Å². The maximum atomic E-state index is 12.6. The summed E-state index contributed by atoms with van der Waals surface area (Å²) in [4.78, 5) is 23.9. The largest absolute Gasteiger partial charge is 0.483 e. The molecule has 0 amide bonds. The first-order valence-electron chi connectivity index (χ1n) is 10.8. The second-order valence-corrected chi connectivity index (χ2v) is 11.0. The second-order valence-electron chi connectivity index (χ2n) is 8.72. The third-order valence-electron chi connectivity index (χ3n) is 6.68. The number of sulfone groups is 1. The van der Waals surface area contributed by atoms with Gasteiger partial charge in [-0.15, -0.1) is 0 Å². The quantitative estimate of drug-likeness (QED) is 0.615. The molecule has 32 heavy (non-hydrogen) atoms. The minimum absolute atomic E-state index is 0.141. The van der Waals surface area contributed by atoms with Gasteiger partial charge < -0.3 is 15.1 Å². The number of hydrogen-bond donors (Lipinski definition) is 2. The number of rotatable bonds is 4. The molecule has 0 spiro atoms. The number of hydrogen-bond acceptors (Lipinski definition) is 7. The molecule has 3 fully saturated rings. The van der Waals surface area contributed by atoms with Crippen LogP contribution < -0.4 is 0 Å². The van der Waals surface area contributed by atoms with E-state index in [1.54, 1.807) is 0 Å². The van der Waals surface area contributed by atoms with Gasteiger partial charge in [-0.1, -0.05) is 30.3 Å². The van der Waals surface area contributed by atoms with E-state index in [4.69, 9.17) is 19.8 Å². The summed E-state index contributed by atoms with van der Waals surface area (Å²) in [6.07, 6.45) is 2.30.